The van der Waals surface area contributed by atoms with Crippen molar-refractivity contribution in [2.45, 2.75) is 17.9 Å². The second-order valence-corrected chi connectivity index (χ2v) is 9.07. The molecule has 0 aromatic heterocycles. The van der Waals surface area contributed by atoms with Crippen LogP contribution in [-0.2, 0) is 20.0 Å². The molecule has 0 heterocycles. The van der Waals surface area contributed by atoms with Gasteiger partial charge in [0.15, 0.2) is 0 Å². The molecule has 0 radical (unpaired) electrons. The number of sulfonamides is 2. The summed E-state index contributed by atoms with van der Waals surface area (Å²) < 4.78 is 47.2. The molecular formula is C16H19N3O5S2. The van der Waals surface area contributed by atoms with Crippen molar-refractivity contribution in [3.05, 3.63) is 59.7 Å². The van der Waals surface area contributed by atoms with Gasteiger partial charge in [0, 0.05) is 11.3 Å². The fourth-order valence-electron chi connectivity index (χ4n) is 2.21. The topological polar surface area (TPSA) is 135 Å². The predicted octanol–water partition coefficient (Wildman–Crippen LogP) is 1.20. The van der Waals surface area contributed by atoms with Crippen LogP contribution in [0.3, 0.4) is 0 Å². The van der Waals surface area contributed by atoms with Gasteiger partial charge in [-0.1, -0.05) is 12.1 Å². The van der Waals surface area contributed by atoms with Crippen molar-refractivity contribution >= 4 is 31.6 Å². The van der Waals surface area contributed by atoms with Gasteiger partial charge in [-0.05, 0) is 48.9 Å². The van der Waals surface area contributed by atoms with Gasteiger partial charge in [-0.15, -0.1) is 0 Å². The first kappa shape index (κ1) is 19.9. The SMILES string of the molecule is C[C@@H](NC(=O)c1ccc(NS(C)(=O)=O)cc1)c1ccc(S(N)(=O)=O)cc1. The fraction of sp³-hybridized carbons (Fsp3) is 0.188. The number of benzene rings is 2. The van der Waals surface area contributed by atoms with Crippen LogP contribution in [0.25, 0.3) is 0 Å². The third kappa shape index (κ3) is 5.55. The van der Waals surface area contributed by atoms with Crippen LogP contribution >= 0.6 is 0 Å². The first-order valence-electron chi connectivity index (χ1n) is 7.47. The molecule has 140 valence electrons. The quantitative estimate of drug-likeness (QED) is 0.673. The summed E-state index contributed by atoms with van der Waals surface area (Å²) in [5.74, 6) is -0.348. The third-order valence-corrected chi connectivity index (χ3v) is 5.04. The zero-order valence-electron chi connectivity index (χ0n) is 14.1. The molecule has 0 unspecified atom stereocenters. The fourth-order valence-corrected chi connectivity index (χ4v) is 3.29. The third-order valence-electron chi connectivity index (χ3n) is 3.51. The highest BCUT2D eigenvalue weighted by molar-refractivity contribution is 7.92. The highest BCUT2D eigenvalue weighted by atomic mass is 32.2. The van der Waals surface area contributed by atoms with E-state index in [9.17, 15) is 21.6 Å². The highest BCUT2D eigenvalue weighted by Crippen LogP contribution is 2.17. The molecule has 2 aromatic rings. The summed E-state index contributed by atoms with van der Waals surface area (Å²) in [5.41, 5.74) is 1.42. The monoisotopic (exact) mass is 397 g/mol. The van der Waals surface area contributed by atoms with Gasteiger partial charge in [0.2, 0.25) is 20.0 Å². The molecule has 1 atom stereocenters. The average molecular weight is 397 g/mol. The molecule has 0 fully saturated rings. The maximum atomic E-state index is 12.3. The number of anilines is 1. The molecule has 0 aliphatic heterocycles. The van der Waals surface area contributed by atoms with Crippen molar-refractivity contribution in [1.29, 1.82) is 0 Å². The van der Waals surface area contributed by atoms with Gasteiger partial charge in [0.1, 0.15) is 0 Å². The standard InChI is InChI=1S/C16H19N3O5S2/c1-11(12-5-9-15(10-6-12)26(17,23)24)18-16(20)13-3-7-14(8-4-13)19-25(2,21)22/h3-11,19H,1-2H3,(H,18,20)(H2,17,23,24)/t11-/m1/s1. The number of nitrogens with one attached hydrogen (secondary N) is 2. The second-order valence-electron chi connectivity index (χ2n) is 5.76. The van der Waals surface area contributed by atoms with Crippen molar-refractivity contribution in [2.75, 3.05) is 11.0 Å². The molecule has 8 nitrogen and oxygen atoms in total. The van der Waals surface area contributed by atoms with E-state index in [0.29, 0.717) is 16.8 Å². The molecule has 0 saturated carbocycles. The zero-order valence-corrected chi connectivity index (χ0v) is 15.8. The Balaban J connectivity index is 2.07. The highest BCUT2D eigenvalue weighted by Gasteiger charge is 2.13. The van der Waals surface area contributed by atoms with Crippen LogP contribution in [0, 0.1) is 0 Å². The van der Waals surface area contributed by atoms with E-state index in [4.69, 9.17) is 5.14 Å². The van der Waals surface area contributed by atoms with Gasteiger partial charge in [-0.3, -0.25) is 9.52 Å². The Morgan fingerprint density at radius 3 is 1.96 bits per heavy atom. The minimum atomic E-state index is -3.76. The van der Waals surface area contributed by atoms with Gasteiger partial charge < -0.3 is 5.32 Å². The maximum absolute atomic E-state index is 12.3. The van der Waals surface area contributed by atoms with Crippen LogP contribution in [0.5, 0.6) is 0 Å². The lowest BCUT2D eigenvalue weighted by atomic mass is 10.1. The summed E-state index contributed by atoms with van der Waals surface area (Å²) in [6.45, 7) is 1.75. The summed E-state index contributed by atoms with van der Waals surface area (Å²) in [4.78, 5) is 12.3. The summed E-state index contributed by atoms with van der Waals surface area (Å²) in [6, 6.07) is 11.5. The molecule has 2 rings (SSSR count). The number of nitrogens with two attached hydrogens (primary N) is 1. The first-order chi connectivity index (χ1) is 12.0. The maximum Gasteiger partial charge on any atom is 0.251 e. The normalized spacial score (nSPS) is 13.0. The number of primary sulfonamides is 1. The number of hydrogen-bond acceptors (Lipinski definition) is 5. The van der Waals surface area contributed by atoms with Crippen LogP contribution in [0.4, 0.5) is 5.69 Å². The summed E-state index contributed by atoms with van der Waals surface area (Å²) in [5, 5.41) is 7.83. The Kier molecular flexibility index (Phi) is 5.69. The van der Waals surface area contributed by atoms with E-state index >= 15 is 0 Å². The lowest BCUT2D eigenvalue weighted by molar-refractivity contribution is 0.0940. The number of rotatable bonds is 6. The van der Waals surface area contributed by atoms with Gasteiger partial charge in [0.25, 0.3) is 5.91 Å². The van der Waals surface area contributed by atoms with E-state index in [2.05, 4.69) is 10.0 Å². The van der Waals surface area contributed by atoms with Crippen molar-refractivity contribution in [2.24, 2.45) is 5.14 Å². The second kappa shape index (κ2) is 7.44. The molecule has 26 heavy (non-hydrogen) atoms. The smallest absolute Gasteiger partial charge is 0.251 e. The Labute approximate surface area is 152 Å². The van der Waals surface area contributed by atoms with Crippen molar-refractivity contribution in [3.8, 4) is 0 Å². The number of hydrogen-bond donors (Lipinski definition) is 3. The molecule has 1 amide bonds. The first-order valence-corrected chi connectivity index (χ1v) is 10.9. The molecule has 0 aliphatic rings. The van der Waals surface area contributed by atoms with Crippen LogP contribution in [0.15, 0.2) is 53.4 Å². The Morgan fingerprint density at radius 2 is 1.50 bits per heavy atom. The van der Waals surface area contributed by atoms with E-state index in [1.165, 1.54) is 36.4 Å². The summed E-state index contributed by atoms with van der Waals surface area (Å²) >= 11 is 0. The van der Waals surface area contributed by atoms with Crippen LogP contribution in [0.2, 0.25) is 0 Å². The van der Waals surface area contributed by atoms with Crippen LogP contribution < -0.4 is 15.2 Å². The summed E-state index contributed by atoms with van der Waals surface area (Å²) in [6.07, 6.45) is 1.04. The number of amides is 1. The molecule has 4 N–H and O–H groups in total. The van der Waals surface area contributed by atoms with Crippen molar-refractivity contribution < 1.29 is 21.6 Å². The molecular weight excluding hydrogens is 378 g/mol. The van der Waals surface area contributed by atoms with Gasteiger partial charge in [-0.2, -0.15) is 0 Å². The van der Waals surface area contributed by atoms with Gasteiger partial charge >= 0.3 is 0 Å². The van der Waals surface area contributed by atoms with E-state index in [1.54, 1.807) is 19.1 Å². The van der Waals surface area contributed by atoms with Crippen molar-refractivity contribution in [3.63, 3.8) is 0 Å². The minimum Gasteiger partial charge on any atom is -0.346 e. The Bertz CT molecular complexity index is 999. The summed E-state index contributed by atoms with van der Waals surface area (Å²) in [7, 11) is -7.15. The Morgan fingerprint density at radius 1 is 0.962 bits per heavy atom. The van der Waals surface area contributed by atoms with E-state index in [-0.39, 0.29) is 16.8 Å². The molecule has 0 spiro atoms. The Hall–Kier alpha value is -2.43. The van der Waals surface area contributed by atoms with Crippen molar-refractivity contribution in [1.82, 2.24) is 5.32 Å². The predicted molar refractivity (Wildman–Crippen MR) is 98.6 cm³/mol. The largest absolute Gasteiger partial charge is 0.346 e. The van der Waals surface area contributed by atoms with Crippen LogP contribution in [-0.4, -0.2) is 29.0 Å². The lowest BCUT2D eigenvalue weighted by Crippen LogP contribution is -2.26. The molecule has 2 aromatic carbocycles. The van der Waals surface area contributed by atoms with E-state index in [1.807, 2.05) is 0 Å². The molecule has 0 saturated heterocycles. The minimum absolute atomic E-state index is 0.00579. The zero-order chi connectivity index (χ0) is 19.5. The van der Waals surface area contributed by atoms with Gasteiger partial charge in [0.05, 0.1) is 17.2 Å². The number of carbonyl (C=O) groups is 1. The molecule has 0 bridgehead atoms. The van der Waals surface area contributed by atoms with E-state index < -0.39 is 20.0 Å². The molecule has 10 heteroatoms. The average Bonchev–Trinajstić information content (AvgIpc) is 2.53. The van der Waals surface area contributed by atoms with Gasteiger partial charge in [-0.25, -0.2) is 22.0 Å². The van der Waals surface area contributed by atoms with Crippen LogP contribution in [0.1, 0.15) is 28.9 Å². The number of carbonyl (C=O) groups excluding carboxylic acids is 1. The molecule has 0 aliphatic carbocycles. The lowest BCUT2D eigenvalue weighted by Gasteiger charge is -2.15. The van der Waals surface area contributed by atoms with E-state index in [0.717, 1.165) is 6.26 Å².